The van der Waals surface area contributed by atoms with Crippen molar-refractivity contribution in [3.8, 4) is 0 Å². The Hall–Kier alpha value is -3.30. The van der Waals surface area contributed by atoms with Gasteiger partial charge >= 0.3 is 18.0 Å². The van der Waals surface area contributed by atoms with Crippen LogP contribution < -0.4 is 10.4 Å². The highest BCUT2D eigenvalue weighted by molar-refractivity contribution is 6.99. The number of nitrogens with zero attached hydrogens (tertiary/aromatic N) is 1. The lowest BCUT2D eigenvalue weighted by Crippen LogP contribution is -2.66. The molecule has 7 nitrogen and oxygen atoms in total. The van der Waals surface area contributed by atoms with E-state index < -0.39 is 44.3 Å². The van der Waals surface area contributed by atoms with E-state index in [0.29, 0.717) is 4.90 Å². The van der Waals surface area contributed by atoms with Gasteiger partial charge in [0.15, 0.2) is 0 Å². The Bertz CT molecular complexity index is 1080. The molecular weight excluding hydrogens is 505 g/mol. The second-order valence-corrected chi connectivity index (χ2v) is 15.0. The summed E-state index contributed by atoms with van der Waals surface area (Å²) in [5.74, 6) is -3.40. The van der Waals surface area contributed by atoms with Crippen molar-refractivity contribution in [3.05, 3.63) is 72.6 Å². The minimum absolute atomic E-state index is 0.0720. The van der Waals surface area contributed by atoms with Crippen LogP contribution in [-0.2, 0) is 23.5 Å². The molecule has 2 rings (SSSR count). The molecule has 206 valence electrons. The summed E-state index contributed by atoms with van der Waals surface area (Å²) in [6, 6.07) is 19.7. The molecule has 0 bridgehead atoms. The van der Waals surface area contributed by atoms with Gasteiger partial charge in [0.1, 0.15) is 11.4 Å². The van der Waals surface area contributed by atoms with Gasteiger partial charge in [-0.2, -0.15) is 0 Å². The van der Waals surface area contributed by atoms with Gasteiger partial charge in [0.25, 0.3) is 8.32 Å². The summed E-state index contributed by atoms with van der Waals surface area (Å²) in [5, 5.41) is 1.74. The lowest BCUT2D eigenvalue weighted by atomic mass is 10.2. The molecule has 0 N–H and O–H groups in total. The maximum Gasteiger partial charge on any atom is 0.417 e. The molecule has 0 aliphatic heterocycles. The number of carbonyl (C=O) groups is 3. The first-order valence-electron chi connectivity index (χ1n) is 12.5. The van der Waals surface area contributed by atoms with Crippen LogP contribution in [0.5, 0.6) is 0 Å². The van der Waals surface area contributed by atoms with Crippen LogP contribution in [-0.4, -0.2) is 56.5 Å². The molecule has 9 heteroatoms. The molecule has 0 aliphatic rings. The molecular formula is C29H38FNO6Si. The van der Waals surface area contributed by atoms with Crippen LogP contribution in [0, 0.1) is 0 Å². The van der Waals surface area contributed by atoms with E-state index >= 15 is 4.39 Å². The zero-order valence-electron chi connectivity index (χ0n) is 23.2. The Morgan fingerprint density at radius 2 is 1.39 bits per heavy atom. The smallest absolute Gasteiger partial charge is 0.417 e. The largest absolute Gasteiger partial charge is 0.459 e. The Morgan fingerprint density at radius 3 is 1.82 bits per heavy atom. The standard InChI is InChI=1S/C29H38FNO6Si/c1-8-35-26(33)25(32)31(27(34)37-28(2,3)4)21-22(30)19-20-36-38(29(5,6)7,23-15-11-9-12-16-23)24-17-13-10-14-18-24/h9-19H,8,20-21H2,1-7H3. The molecule has 0 atom stereocenters. The average molecular weight is 544 g/mol. The summed E-state index contributed by atoms with van der Waals surface area (Å²) in [6.45, 7) is 11.6. The van der Waals surface area contributed by atoms with Crippen LogP contribution in [0.3, 0.4) is 0 Å². The molecule has 2 aromatic carbocycles. The van der Waals surface area contributed by atoms with E-state index in [9.17, 15) is 14.4 Å². The summed E-state index contributed by atoms with van der Waals surface area (Å²) in [4.78, 5) is 37.6. The second kappa shape index (κ2) is 13.0. The van der Waals surface area contributed by atoms with Crippen LogP contribution in [0.4, 0.5) is 9.18 Å². The molecule has 0 heterocycles. The van der Waals surface area contributed by atoms with E-state index in [2.05, 4.69) is 20.8 Å². The van der Waals surface area contributed by atoms with Gasteiger partial charge < -0.3 is 13.9 Å². The molecule has 0 spiro atoms. The van der Waals surface area contributed by atoms with Crippen molar-refractivity contribution in [2.24, 2.45) is 0 Å². The zero-order valence-corrected chi connectivity index (χ0v) is 24.2. The van der Waals surface area contributed by atoms with Gasteiger partial charge in [-0.15, -0.1) is 0 Å². The Morgan fingerprint density at radius 1 is 0.895 bits per heavy atom. The average Bonchev–Trinajstić information content (AvgIpc) is 2.84. The van der Waals surface area contributed by atoms with E-state index in [1.807, 2.05) is 60.7 Å². The molecule has 0 aliphatic carbocycles. The molecule has 0 saturated carbocycles. The van der Waals surface area contributed by atoms with E-state index in [1.165, 1.54) is 13.0 Å². The maximum atomic E-state index is 15.2. The van der Waals surface area contributed by atoms with Crippen molar-refractivity contribution in [2.75, 3.05) is 19.8 Å². The first kappa shape index (κ1) is 30.9. The molecule has 0 radical (unpaired) electrons. The molecule has 2 amide bonds. The van der Waals surface area contributed by atoms with Crippen molar-refractivity contribution in [1.29, 1.82) is 0 Å². The van der Waals surface area contributed by atoms with Gasteiger partial charge in [0, 0.05) is 0 Å². The number of hydrogen-bond acceptors (Lipinski definition) is 6. The van der Waals surface area contributed by atoms with Crippen molar-refractivity contribution in [1.82, 2.24) is 4.90 Å². The lowest BCUT2D eigenvalue weighted by molar-refractivity contribution is -0.159. The molecule has 0 aromatic heterocycles. The summed E-state index contributed by atoms with van der Waals surface area (Å²) < 4.78 is 31.7. The van der Waals surface area contributed by atoms with E-state index in [1.54, 1.807) is 20.8 Å². The first-order chi connectivity index (χ1) is 17.7. The SMILES string of the molecule is CCOC(=O)C(=O)N(CC(F)=CCO[Si](c1ccccc1)(c1ccccc1)C(C)(C)C)C(=O)OC(C)(C)C. The van der Waals surface area contributed by atoms with Crippen molar-refractivity contribution < 1.29 is 32.7 Å². The summed E-state index contributed by atoms with van der Waals surface area (Å²) >= 11 is 0. The van der Waals surface area contributed by atoms with Gasteiger partial charge in [-0.25, -0.2) is 18.9 Å². The van der Waals surface area contributed by atoms with Crippen LogP contribution in [0.2, 0.25) is 5.04 Å². The Kier molecular flexibility index (Phi) is 10.6. The predicted octanol–water partition coefficient (Wildman–Crippen LogP) is 4.74. The topological polar surface area (TPSA) is 82.1 Å². The van der Waals surface area contributed by atoms with Crippen LogP contribution >= 0.6 is 0 Å². The summed E-state index contributed by atoms with van der Waals surface area (Å²) in [7, 11) is -2.92. The fraction of sp³-hybridized carbons (Fsp3) is 0.414. The zero-order chi connectivity index (χ0) is 28.6. The van der Waals surface area contributed by atoms with Gasteiger partial charge in [0.2, 0.25) is 0 Å². The third kappa shape index (κ3) is 7.85. The number of imide groups is 1. The van der Waals surface area contributed by atoms with Crippen LogP contribution in [0.1, 0.15) is 48.5 Å². The molecule has 38 heavy (non-hydrogen) atoms. The third-order valence-corrected chi connectivity index (χ3v) is 10.6. The highest BCUT2D eigenvalue weighted by atomic mass is 28.4. The van der Waals surface area contributed by atoms with E-state index in [-0.39, 0.29) is 18.3 Å². The van der Waals surface area contributed by atoms with E-state index in [4.69, 9.17) is 13.9 Å². The molecule has 0 saturated heterocycles. The van der Waals surface area contributed by atoms with Crippen molar-refractivity contribution in [2.45, 2.75) is 59.1 Å². The number of hydrogen-bond donors (Lipinski definition) is 0. The maximum absolute atomic E-state index is 15.2. The minimum atomic E-state index is -2.92. The number of carbonyl (C=O) groups excluding carboxylic acids is 3. The Labute approximate surface area is 225 Å². The van der Waals surface area contributed by atoms with Gasteiger partial charge in [-0.1, -0.05) is 81.4 Å². The number of halogens is 1. The molecule has 0 fully saturated rings. The fourth-order valence-corrected chi connectivity index (χ4v) is 8.56. The predicted molar refractivity (Wildman–Crippen MR) is 147 cm³/mol. The number of esters is 1. The summed E-state index contributed by atoms with van der Waals surface area (Å²) in [5.41, 5.74) is -0.961. The normalized spacial score (nSPS) is 12.6. The number of rotatable bonds is 8. The number of benzene rings is 2. The van der Waals surface area contributed by atoms with Crippen molar-refractivity contribution in [3.63, 3.8) is 0 Å². The Balaban J connectivity index is 2.38. The van der Waals surface area contributed by atoms with Crippen molar-refractivity contribution >= 4 is 36.7 Å². The summed E-state index contributed by atoms with van der Waals surface area (Å²) in [6.07, 6.45) is 0.0295. The second-order valence-electron chi connectivity index (χ2n) is 10.7. The minimum Gasteiger partial charge on any atom is -0.459 e. The monoisotopic (exact) mass is 543 g/mol. The van der Waals surface area contributed by atoms with Gasteiger partial charge in [0.05, 0.1) is 19.8 Å². The molecule has 2 aromatic rings. The quantitative estimate of drug-likeness (QED) is 0.272. The highest BCUT2D eigenvalue weighted by Gasteiger charge is 2.50. The first-order valence-corrected chi connectivity index (χ1v) is 14.4. The van der Waals surface area contributed by atoms with E-state index in [0.717, 1.165) is 10.4 Å². The third-order valence-electron chi connectivity index (χ3n) is 5.64. The lowest BCUT2D eigenvalue weighted by Gasteiger charge is -2.42. The van der Waals surface area contributed by atoms with Gasteiger partial charge in [-0.3, -0.25) is 4.79 Å². The van der Waals surface area contributed by atoms with Crippen LogP contribution in [0.15, 0.2) is 72.6 Å². The fourth-order valence-electron chi connectivity index (χ4n) is 4.07. The number of amides is 2. The van der Waals surface area contributed by atoms with Gasteiger partial charge in [-0.05, 0) is 49.2 Å². The molecule has 0 unspecified atom stereocenters. The number of ether oxygens (including phenoxy) is 2. The highest BCUT2D eigenvalue weighted by Crippen LogP contribution is 2.36. The van der Waals surface area contributed by atoms with Crippen LogP contribution in [0.25, 0.3) is 0 Å².